The quantitative estimate of drug-likeness (QED) is 0.658. The second-order valence-corrected chi connectivity index (χ2v) is 3.01. The number of rotatable bonds is 2. The number of hydrogen-bond donors (Lipinski definition) is 1. The van der Waals surface area contributed by atoms with Crippen LogP contribution in [0.5, 0.6) is 0 Å². The van der Waals surface area contributed by atoms with Crippen molar-refractivity contribution in [1.82, 2.24) is 14.7 Å². The van der Waals surface area contributed by atoms with Crippen molar-refractivity contribution in [2.75, 3.05) is 14.1 Å². The Balaban J connectivity index is 3.11. The van der Waals surface area contributed by atoms with Gasteiger partial charge in [0, 0.05) is 21.1 Å². The lowest BCUT2D eigenvalue weighted by Gasteiger charge is -2.08. The number of nitrogens with two attached hydrogens (primary N) is 1. The molecule has 1 radical (unpaired) electrons. The van der Waals surface area contributed by atoms with Crippen LogP contribution in [0.3, 0.4) is 0 Å². The molecule has 0 unspecified atom stereocenters. The number of hydrogen-bond acceptors (Lipinski definition) is 3. The summed E-state index contributed by atoms with van der Waals surface area (Å²) < 4.78 is 1.28. The summed E-state index contributed by atoms with van der Waals surface area (Å²) in [5.41, 5.74) is 5.18. The van der Waals surface area contributed by atoms with Gasteiger partial charge in [-0.05, 0) is 0 Å². The standard InChI is InChI=1S/C8H11N4O2/c1-11(2)8(14)6-4-5(7(9)13)10-12(6)3/h1-3H3,(H2,9,13). The number of carbonyl (C=O) groups is 2. The molecular formula is C8H11N4O2. The van der Waals surface area contributed by atoms with Gasteiger partial charge in [-0.1, -0.05) is 0 Å². The normalized spacial score (nSPS) is 9.93. The molecule has 0 fully saturated rings. The van der Waals surface area contributed by atoms with E-state index >= 15 is 0 Å². The first kappa shape index (κ1) is 10.2. The zero-order valence-corrected chi connectivity index (χ0v) is 8.24. The topological polar surface area (TPSA) is 81.2 Å². The van der Waals surface area contributed by atoms with Gasteiger partial charge in [0.15, 0.2) is 5.69 Å². The van der Waals surface area contributed by atoms with Crippen LogP contribution in [0.1, 0.15) is 21.0 Å². The van der Waals surface area contributed by atoms with Crippen LogP contribution in [-0.4, -0.2) is 40.6 Å². The molecule has 75 valence electrons. The van der Waals surface area contributed by atoms with Crippen molar-refractivity contribution in [3.63, 3.8) is 0 Å². The molecule has 0 saturated carbocycles. The molecule has 0 aliphatic carbocycles. The van der Waals surface area contributed by atoms with E-state index in [0.29, 0.717) is 0 Å². The van der Waals surface area contributed by atoms with E-state index in [0.717, 1.165) is 0 Å². The molecule has 0 bridgehead atoms. The van der Waals surface area contributed by atoms with Gasteiger partial charge >= 0.3 is 0 Å². The largest absolute Gasteiger partial charge is 0.364 e. The number of amides is 2. The van der Waals surface area contributed by atoms with E-state index in [2.05, 4.69) is 11.2 Å². The lowest BCUT2D eigenvalue weighted by Crippen LogP contribution is -2.24. The fourth-order valence-corrected chi connectivity index (χ4v) is 0.933. The summed E-state index contributed by atoms with van der Waals surface area (Å²) in [5.74, 6) is -0.967. The van der Waals surface area contributed by atoms with Gasteiger partial charge in [0.05, 0.1) is 6.07 Å². The first-order valence-electron chi connectivity index (χ1n) is 3.91. The highest BCUT2D eigenvalue weighted by atomic mass is 16.2. The van der Waals surface area contributed by atoms with Crippen LogP contribution in [-0.2, 0) is 7.05 Å². The molecule has 2 N–H and O–H groups in total. The summed E-state index contributed by atoms with van der Waals surface area (Å²) in [6.45, 7) is 0. The first-order valence-corrected chi connectivity index (χ1v) is 3.91. The zero-order chi connectivity index (χ0) is 10.9. The maximum absolute atomic E-state index is 11.5. The second kappa shape index (κ2) is 3.49. The molecule has 1 aromatic rings. The maximum Gasteiger partial charge on any atom is 0.272 e. The van der Waals surface area contributed by atoms with Crippen molar-refractivity contribution < 1.29 is 9.59 Å². The van der Waals surface area contributed by atoms with Gasteiger partial charge in [-0.25, -0.2) is 0 Å². The molecule has 6 nitrogen and oxygen atoms in total. The molecule has 14 heavy (non-hydrogen) atoms. The van der Waals surface area contributed by atoms with E-state index in [1.165, 1.54) is 9.58 Å². The Labute approximate surface area is 81.3 Å². The Kier molecular flexibility index (Phi) is 2.55. The molecule has 0 aromatic carbocycles. The molecule has 1 aromatic heterocycles. The van der Waals surface area contributed by atoms with Gasteiger partial charge in [-0.15, -0.1) is 0 Å². The van der Waals surface area contributed by atoms with E-state index in [1.54, 1.807) is 21.1 Å². The van der Waals surface area contributed by atoms with Gasteiger partial charge in [-0.2, -0.15) is 5.10 Å². The minimum atomic E-state index is -0.696. The average Bonchev–Trinajstić information content (AvgIpc) is 2.46. The third-order valence-electron chi connectivity index (χ3n) is 1.65. The van der Waals surface area contributed by atoms with E-state index in [1.807, 2.05) is 0 Å². The van der Waals surface area contributed by atoms with Crippen molar-refractivity contribution in [3.8, 4) is 0 Å². The molecule has 0 saturated heterocycles. The average molecular weight is 195 g/mol. The summed E-state index contributed by atoms with van der Waals surface area (Å²) >= 11 is 0. The van der Waals surface area contributed by atoms with Gasteiger partial charge < -0.3 is 10.6 Å². The van der Waals surface area contributed by atoms with Gasteiger partial charge in [0.1, 0.15) is 5.69 Å². The zero-order valence-electron chi connectivity index (χ0n) is 8.24. The number of nitrogens with zero attached hydrogens (tertiary/aromatic N) is 3. The van der Waals surface area contributed by atoms with Crippen molar-refractivity contribution in [3.05, 3.63) is 17.5 Å². The molecule has 0 aliphatic rings. The lowest BCUT2D eigenvalue weighted by molar-refractivity contribution is 0.0816. The van der Waals surface area contributed by atoms with Crippen molar-refractivity contribution in [1.29, 1.82) is 0 Å². The molecule has 2 amide bonds. The van der Waals surface area contributed by atoms with Crippen LogP contribution in [0.25, 0.3) is 0 Å². The minimum absolute atomic E-state index is 0.0299. The summed E-state index contributed by atoms with van der Waals surface area (Å²) in [4.78, 5) is 23.6. The Bertz CT molecular complexity index is 381. The molecule has 1 rings (SSSR count). The smallest absolute Gasteiger partial charge is 0.272 e. The van der Waals surface area contributed by atoms with Crippen molar-refractivity contribution in [2.24, 2.45) is 12.8 Å². The van der Waals surface area contributed by atoms with E-state index < -0.39 is 5.91 Å². The van der Waals surface area contributed by atoms with E-state index in [4.69, 9.17) is 5.73 Å². The molecule has 1 heterocycles. The van der Waals surface area contributed by atoms with Crippen LogP contribution in [0, 0.1) is 6.07 Å². The molecule has 0 atom stereocenters. The fourth-order valence-electron chi connectivity index (χ4n) is 0.933. The van der Waals surface area contributed by atoms with Crippen LogP contribution in [0.15, 0.2) is 0 Å². The molecule has 0 spiro atoms. The number of primary amides is 1. The summed E-state index contributed by atoms with van der Waals surface area (Å²) in [7, 11) is 4.76. The van der Waals surface area contributed by atoms with Crippen LogP contribution in [0.4, 0.5) is 0 Å². The van der Waals surface area contributed by atoms with Gasteiger partial charge in [-0.3, -0.25) is 14.3 Å². The number of aryl methyl sites for hydroxylation is 1. The van der Waals surface area contributed by atoms with Crippen LogP contribution in [0.2, 0.25) is 0 Å². The Morgan fingerprint density at radius 2 is 2.07 bits per heavy atom. The van der Waals surface area contributed by atoms with Crippen LogP contribution >= 0.6 is 0 Å². The number of aromatic nitrogens is 2. The third kappa shape index (κ3) is 1.73. The lowest BCUT2D eigenvalue weighted by atomic mass is 10.3. The monoisotopic (exact) mass is 195 g/mol. The molecule has 0 aliphatic heterocycles. The predicted molar refractivity (Wildman–Crippen MR) is 48.6 cm³/mol. The Hall–Kier alpha value is -1.85. The summed E-state index contributed by atoms with van der Waals surface area (Å²) in [6, 6.07) is 2.55. The second-order valence-electron chi connectivity index (χ2n) is 3.01. The van der Waals surface area contributed by atoms with Crippen molar-refractivity contribution in [2.45, 2.75) is 0 Å². The van der Waals surface area contributed by atoms with Gasteiger partial charge in [0.2, 0.25) is 0 Å². The van der Waals surface area contributed by atoms with E-state index in [9.17, 15) is 9.59 Å². The minimum Gasteiger partial charge on any atom is -0.364 e. The third-order valence-corrected chi connectivity index (χ3v) is 1.65. The molecular weight excluding hydrogens is 184 g/mol. The van der Waals surface area contributed by atoms with Crippen LogP contribution < -0.4 is 5.73 Å². The SMILES string of the molecule is CN(C)C(=O)c1[c]c(C(N)=O)nn1C. The van der Waals surface area contributed by atoms with Gasteiger partial charge in [0.25, 0.3) is 11.8 Å². The summed E-state index contributed by atoms with van der Waals surface area (Å²) in [6.07, 6.45) is 0. The Morgan fingerprint density at radius 3 is 2.43 bits per heavy atom. The molecule has 6 heteroatoms. The Morgan fingerprint density at radius 1 is 1.50 bits per heavy atom. The first-order chi connectivity index (χ1) is 6.43. The highest BCUT2D eigenvalue weighted by Crippen LogP contribution is 2.03. The maximum atomic E-state index is 11.5. The number of carbonyl (C=O) groups excluding carboxylic acids is 2. The van der Waals surface area contributed by atoms with E-state index in [-0.39, 0.29) is 17.3 Å². The van der Waals surface area contributed by atoms with Crippen molar-refractivity contribution >= 4 is 11.8 Å². The highest BCUT2D eigenvalue weighted by Gasteiger charge is 2.17. The predicted octanol–water partition coefficient (Wildman–Crippen LogP) is -0.979. The fraction of sp³-hybridized carbons (Fsp3) is 0.375. The highest BCUT2D eigenvalue weighted by molar-refractivity contribution is 5.96. The summed E-state index contributed by atoms with van der Waals surface area (Å²) in [5, 5.41) is 3.75.